The van der Waals surface area contributed by atoms with Crippen LogP contribution in [0.15, 0.2) is 99.1 Å². The number of anilines is 1. The lowest BCUT2D eigenvalue weighted by atomic mass is 10.2. The van der Waals surface area contributed by atoms with Crippen LogP contribution in [0.1, 0.15) is 6.92 Å². The first-order valence-corrected chi connectivity index (χ1v) is 12.6. The Balaban J connectivity index is 2.16. The number of rotatable bonds is 9. The summed E-state index contributed by atoms with van der Waals surface area (Å²) in [6, 6.07) is 18.0. The molecule has 1 N–H and O–H groups in total. The maximum atomic E-state index is 13.3. The van der Waals surface area contributed by atoms with Gasteiger partial charge in [0.05, 0.1) is 27.4 Å². The molecule has 3 aromatic carbocycles. The maximum Gasteiger partial charge on any atom is 0.296 e. The Morgan fingerprint density at radius 1 is 0.909 bits per heavy atom. The standard InChI is InChI=1S/C22H20N2O7S2/c1-2-31-17-13-14-20(21(15-17)24(25)26)23-16-22(32(27,28)18-9-5-3-6-10-18)33(29,30)19-11-7-4-8-12-19/h3-16,23H,2H2,1H3. The van der Waals surface area contributed by atoms with Gasteiger partial charge in [-0.1, -0.05) is 36.4 Å². The van der Waals surface area contributed by atoms with Gasteiger partial charge in [0.25, 0.3) is 5.69 Å². The molecule has 0 aliphatic rings. The highest BCUT2D eigenvalue weighted by Crippen LogP contribution is 2.32. The van der Waals surface area contributed by atoms with E-state index in [9.17, 15) is 26.9 Å². The van der Waals surface area contributed by atoms with E-state index in [0.717, 1.165) is 12.3 Å². The molecule has 33 heavy (non-hydrogen) atoms. The minimum Gasteiger partial charge on any atom is -0.494 e. The van der Waals surface area contributed by atoms with E-state index in [2.05, 4.69) is 5.32 Å². The molecule has 11 heteroatoms. The van der Waals surface area contributed by atoms with E-state index < -0.39 is 34.5 Å². The van der Waals surface area contributed by atoms with Crippen LogP contribution in [0.3, 0.4) is 0 Å². The highest BCUT2D eigenvalue weighted by atomic mass is 32.3. The Hall–Kier alpha value is -3.70. The normalized spacial score (nSPS) is 11.4. The molecular formula is C22H20N2O7S2. The average Bonchev–Trinajstić information content (AvgIpc) is 2.81. The van der Waals surface area contributed by atoms with Crippen LogP contribution in [0, 0.1) is 10.1 Å². The van der Waals surface area contributed by atoms with Crippen molar-refractivity contribution in [2.75, 3.05) is 11.9 Å². The van der Waals surface area contributed by atoms with Gasteiger partial charge in [-0.15, -0.1) is 0 Å². The Morgan fingerprint density at radius 2 is 1.42 bits per heavy atom. The summed E-state index contributed by atoms with van der Waals surface area (Å²) in [5.74, 6) is 0.243. The first-order chi connectivity index (χ1) is 15.7. The summed E-state index contributed by atoms with van der Waals surface area (Å²) < 4.78 is 57.5. The average molecular weight is 489 g/mol. The number of sulfone groups is 2. The van der Waals surface area contributed by atoms with Gasteiger partial charge in [0, 0.05) is 6.20 Å². The largest absolute Gasteiger partial charge is 0.494 e. The van der Waals surface area contributed by atoms with Gasteiger partial charge in [0.2, 0.25) is 19.7 Å². The van der Waals surface area contributed by atoms with E-state index in [1.807, 2.05) is 0 Å². The van der Waals surface area contributed by atoms with Gasteiger partial charge in [0.1, 0.15) is 11.4 Å². The molecule has 9 nitrogen and oxygen atoms in total. The fourth-order valence-corrected chi connectivity index (χ4v) is 6.57. The van der Waals surface area contributed by atoms with Crippen molar-refractivity contribution in [1.29, 1.82) is 0 Å². The number of hydrogen-bond donors (Lipinski definition) is 1. The van der Waals surface area contributed by atoms with Gasteiger partial charge >= 0.3 is 0 Å². The van der Waals surface area contributed by atoms with Crippen LogP contribution >= 0.6 is 0 Å². The van der Waals surface area contributed by atoms with Crippen LogP contribution in [-0.2, 0) is 19.7 Å². The van der Waals surface area contributed by atoms with Crippen LogP contribution in [-0.4, -0.2) is 28.4 Å². The molecular weight excluding hydrogens is 468 g/mol. The van der Waals surface area contributed by atoms with E-state index >= 15 is 0 Å². The van der Waals surface area contributed by atoms with Crippen molar-refractivity contribution < 1.29 is 26.5 Å². The molecule has 0 fully saturated rings. The molecule has 3 aromatic rings. The molecule has 172 valence electrons. The van der Waals surface area contributed by atoms with E-state index in [-0.39, 0.29) is 21.2 Å². The fraction of sp³-hybridized carbons (Fsp3) is 0.0909. The highest BCUT2D eigenvalue weighted by molar-refractivity contribution is 8.14. The van der Waals surface area contributed by atoms with Gasteiger partial charge in [-0.25, -0.2) is 16.8 Å². The smallest absolute Gasteiger partial charge is 0.296 e. The third-order valence-electron chi connectivity index (χ3n) is 4.46. The third kappa shape index (κ3) is 5.21. The molecule has 0 radical (unpaired) electrons. The lowest BCUT2D eigenvalue weighted by molar-refractivity contribution is -0.384. The van der Waals surface area contributed by atoms with Crippen molar-refractivity contribution in [2.24, 2.45) is 0 Å². The number of nitrogens with zero attached hydrogens (tertiary/aromatic N) is 1. The van der Waals surface area contributed by atoms with E-state index in [4.69, 9.17) is 4.74 Å². The predicted octanol–water partition coefficient (Wildman–Crippen LogP) is 4.15. The Labute approximate surface area is 191 Å². The maximum absolute atomic E-state index is 13.3. The molecule has 0 saturated heterocycles. The molecule has 0 aromatic heterocycles. The van der Waals surface area contributed by atoms with E-state index in [1.165, 1.54) is 60.7 Å². The quantitative estimate of drug-likeness (QED) is 0.351. The van der Waals surface area contributed by atoms with Crippen LogP contribution in [0.25, 0.3) is 0 Å². The SMILES string of the molecule is CCOc1ccc(NC=C(S(=O)(=O)c2ccccc2)S(=O)(=O)c2ccccc2)c([N+](=O)[O-])c1. The number of ether oxygens (including phenoxy) is 1. The van der Waals surface area contributed by atoms with Crippen molar-refractivity contribution in [1.82, 2.24) is 0 Å². The second kappa shape index (κ2) is 9.84. The van der Waals surface area contributed by atoms with Crippen molar-refractivity contribution in [3.63, 3.8) is 0 Å². The molecule has 0 amide bonds. The first-order valence-electron chi connectivity index (χ1n) is 9.66. The summed E-state index contributed by atoms with van der Waals surface area (Å²) in [6.45, 7) is 2.01. The van der Waals surface area contributed by atoms with Gasteiger partial charge in [-0.05, 0) is 43.3 Å². The summed E-state index contributed by atoms with van der Waals surface area (Å²) in [5.41, 5.74) is -0.516. The molecule has 0 saturated carbocycles. The van der Waals surface area contributed by atoms with Gasteiger partial charge in [-0.3, -0.25) is 10.1 Å². The van der Waals surface area contributed by atoms with Crippen LogP contribution in [0.5, 0.6) is 5.75 Å². The molecule has 0 aliphatic heterocycles. The lowest BCUT2D eigenvalue weighted by Gasteiger charge is -2.12. The summed E-state index contributed by atoms with van der Waals surface area (Å²) in [7, 11) is -9.02. The van der Waals surface area contributed by atoms with Crippen LogP contribution in [0.4, 0.5) is 11.4 Å². The number of hydrogen-bond acceptors (Lipinski definition) is 8. The monoisotopic (exact) mass is 488 g/mol. The summed E-state index contributed by atoms with van der Waals surface area (Å²) in [4.78, 5) is 10.4. The summed E-state index contributed by atoms with van der Waals surface area (Å²) in [6.07, 6.45) is 0.757. The van der Waals surface area contributed by atoms with Crippen molar-refractivity contribution >= 4 is 31.0 Å². The second-order valence-corrected chi connectivity index (χ2v) is 10.7. The number of benzene rings is 3. The van der Waals surface area contributed by atoms with Gasteiger partial charge in [-0.2, -0.15) is 0 Å². The zero-order valence-electron chi connectivity index (χ0n) is 17.4. The number of nitrogens with one attached hydrogen (secondary N) is 1. The Morgan fingerprint density at radius 3 is 1.88 bits per heavy atom. The Bertz CT molecular complexity index is 1320. The Kier molecular flexibility index (Phi) is 7.14. The first kappa shape index (κ1) is 24.0. The molecule has 0 bridgehead atoms. The lowest BCUT2D eigenvalue weighted by Crippen LogP contribution is -2.16. The molecule has 0 heterocycles. The number of nitro benzene ring substituents is 1. The third-order valence-corrected chi connectivity index (χ3v) is 8.86. The van der Waals surface area contributed by atoms with Crippen molar-refractivity contribution in [3.05, 3.63) is 99.4 Å². The minimum atomic E-state index is -4.51. The highest BCUT2D eigenvalue weighted by Gasteiger charge is 2.34. The molecule has 0 atom stereocenters. The van der Waals surface area contributed by atoms with Crippen LogP contribution < -0.4 is 10.1 Å². The predicted molar refractivity (Wildman–Crippen MR) is 123 cm³/mol. The molecule has 0 spiro atoms. The summed E-state index contributed by atoms with van der Waals surface area (Å²) >= 11 is 0. The summed E-state index contributed by atoms with van der Waals surface area (Å²) in [5, 5.41) is 14.0. The molecule has 3 rings (SSSR count). The minimum absolute atomic E-state index is 0.104. The topological polar surface area (TPSA) is 133 Å². The van der Waals surface area contributed by atoms with Crippen molar-refractivity contribution in [3.8, 4) is 5.75 Å². The molecule has 0 aliphatic carbocycles. The van der Waals surface area contributed by atoms with E-state index in [1.54, 1.807) is 19.1 Å². The van der Waals surface area contributed by atoms with Gasteiger partial charge < -0.3 is 10.1 Å². The zero-order chi connectivity index (χ0) is 24.1. The zero-order valence-corrected chi connectivity index (χ0v) is 19.0. The molecule has 0 unspecified atom stereocenters. The van der Waals surface area contributed by atoms with Crippen molar-refractivity contribution in [2.45, 2.75) is 16.7 Å². The number of nitro groups is 1. The fourth-order valence-electron chi connectivity index (χ4n) is 2.91. The van der Waals surface area contributed by atoms with Crippen LogP contribution in [0.2, 0.25) is 0 Å². The van der Waals surface area contributed by atoms with Gasteiger partial charge in [0.15, 0.2) is 4.24 Å². The second-order valence-electron chi connectivity index (χ2n) is 6.61. The van der Waals surface area contributed by atoms with E-state index in [0.29, 0.717) is 6.61 Å².